The molecule has 4 nitrogen and oxygen atoms in total. The van der Waals surface area contributed by atoms with Crippen LogP contribution < -0.4 is 0 Å². The summed E-state index contributed by atoms with van der Waals surface area (Å²) in [6.45, 7) is 2.78. The van der Waals surface area contributed by atoms with E-state index in [2.05, 4.69) is 15.9 Å². The molecule has 1 fully saturated rings. The first-order chi connectivity index (χ1) is 7.99. The monoisotopic (exact) mass is 317 g/mol. The summed E-state index contributed by atoms with van der Waals surface area (Å²) in [7, 11) is 0. The van der Waals surface area contributed by atoms with Crippen molar-refractivity contribution in [3.63, 3.8) is 0 Å². The number of rotatable bonds is 3. The summed E-state index contributed by atoms with van der Waals surface area (Å²) in [5.74, 6) is -1.09. The Bertz CT molecular complexity index is 453. The van der Waals surface area contributed by atoms with Gasteiger partial charge in [-0.3, -0.25) is 9.59 Å². The number of thiophene rings is 1. The molecule has 92 valence electrons. The van der Waals surface area contributed by atoms with Crippen LogP contribution in [0.15, 0.2) is 15.9 Å². The topological polar surface area (TPSA) is 57.6 Å². The third kappa shape index (κ3) is 2.52. The summed E-state index contributed by atoms with van der Waals surface area (Å²) in [5, 5.41) is 8.86. The van der Waals surface area contributed by atoms with Crippen molar-refractivity contribution in [1.82, 2.24) is 4.90 Å². The van der Waals surface area contributed by atoms with Gasteiger partial charge in [0.05, 0.1) is 14.6 Å². The Morgan fingerprint density at radius 1 is 1.53 bits per heavy atom. The molecule has 17 heavy (non-hydrogen) atoms. The van der Waals surface area contributed by atoms with Crippen molar-refractivity contribution in [2.45, 2.75) is 6.92 Å². The number of nitrogens with zero attached hydrogens (tertiary/aromatic N) is 1. The molecule has 1 aliphatic heterocycles. The van der Waals surface area contributed by atoms with E-state index in [-0.39, 0.29) is 17.7 Å². The van der Waals surface area contributed by atoms with Crippen LogP contribution in [0.1, 0.15) is 16.6 Å². The minimum absolute atomic E-state index is 0.00506. The van der Waals surface area contributed by atoms with Crippen LogP contribution in [0.5, 0.6) is 0 Å². The second-order valence-electron chi connectivity index (χ2n) is 4.20. The summed E-state index contributed by atoms with van der Waals surface area (Å²) < 4.78 is 0.928. The van der Waals surface area contributed by atoms with Crippen molar-refractivity contribution in [2.75, 3.05) is 13.1 Å². The molecule has 0 aliphatic carbocycles. The first kappa shape index (κ1) is 12.6. The van der Waals surface area contributed by atoms with Gasteiger partial charge in [-0.2, -0.15) is 0 Å². The van der Waals surface area contributed by atoms with Gasteiger partial charge < -0.3 is 10.0 Å². The highest BCUT2D eigenvalue weighted by molar-refractivity contribution is 9.11. The van der Waals surface area contributed by atoms with Gasteiger partial charge in [0.1, 0.15) is 0 Å². The Balaban J connectivity index is 1.92. The molecule has 1 unspecified atom stereocenters. The molecule has 2 heterocycles. The fourth-order valence-electron chi connectivity index (χ4n) is 1.78. The standard InChI is InChI=1S/C11H12BrNO3S/c1-6(11(15)16)7-4-13(5-7)10(14)8-2-3-9(12)17-8/h2-3,6-7H,4-5H2,1H3,(H,15,16). The Hall–Kier alpha value is -0.880. The van der Waals surface area contributed by atoms with E-state index in [1.807, 2.05) is 6.07 Å². The van der Waals surface area contributed by atoms with E-state index in [9.17, 15) is 9.59 Å². The third-order valence-corrected chi connectivity index (χ3v) is 4.69. The largest absolute Gasteiger partial charge is 0.481 e. The molecule has 1 aromatic rings. The summed E-state index contributed by atoms with van der Waals surface area (Å²) in [6, 6.07) is 3.63. The van der Waals surface area contributed by atoms with Crippen LogP contribution in [0.2, 0.25) is 0 Å². The fraction of sp³-hybridized carbons (Fsp3) is 0.455. The van der Waals surface area contributed by atoms with Crippen LogP contribution >= 0.6 is 27.3 Å². The molecular formula is C11H12BrNO3S. The van der Waals surface area contributed by atoms with Crippen LogP contribution in [0.4, 0.5) is 0 Å². The molecular weight excluding hydrogens is 306 g/mol. The van der Waals surface area contributed by atoms with E-state index in [0.717, 1.165) is 3.79 Å². The molecule has 1 aromatic heterocycles. The van der Waals surface area contributed by atoms with Gasteiger partial charge in [0, 0.05) is 19.0 Å². The number of amides is 1. The van der Waals surface area contributed by atoms with Crippen molar-refractivity contribution in [1.29, 1.82) is 0 Å². The van der Waals surface area contributed by atoms with Crippen LogP contribution in [-0.4, -0.2) is 35.0 Å². The predicted octanol–water partition coefficient (Wildman–Crippen LogP) is 2.30. The maximum Gasteiger partial charge on any atom is 0.306 e. The van der Waals surface area contributed by atoms with Gasteiger partial charge in [0.25, 0.3) is 5.91 Å². The molecule has 1 saturated heterocycles. The Labute approximate surface area is 111 Å². The molecule has 0 spiro atoms. The number of aliphatic carboxylic acids is 1. The number of carbonyl (C=O) groups is 2. The number of carboxylic acids is 1. The minimum atomic E-state index is -0.791. The highest BCUT2D eigenvalue weighted by Crippen LogP contribution is 2.29. The quantitative estimate of drug-likeness (QED) is 0.930. The Kier molecular flexibility index (Phi) is 3.53. The number of carboxylic acid groups (broad SMARTS) is 1. The zero-order chi connectivity index (χ0) is 12.6. The Morgan fingerprint density at radius 2 is 2.18 bits per heavy atom. The lowest BCUT2D eigenvalue weighted by Gasteiger charge is -2.40. The van der Waals surface area contributed by atoms with E-state index in [1.54, 1.807) is 17.9 Å². The van der Waals surface area contributed by atoms with Gasteiger partial charge in [-0.1, -0.05) is 6.92 Å². The van der Waals surface area contributed by atoms with Gasteiger partial charge in [-0.05, 0) is 28.1 Å². The highest BCUT2D eigenvalue weighted by atomic mass is 79.9. The minimum Gasteiger partial charge on any atom is -0.481 e. The zero-order valence-electron chi connectivity index (χ0n) is 9.22. The SMILES string of the molecule is CC(C(=O)O)C1CN(C(=O)c2ccc(Br)s2)C1. The lowest BCUT2D eigenvalue weighted by atomic mass is 9.87. The van der Waals surface area contributed by atoms with Crippen LogP contribution in [0.3, 0.4) is 0 Å². The molecule has 1 N–H and O–H groups in total. The average molecular weight is 318 g/mol. The molecule has 1 aliphatic rings. The number of carbonyl (C=O) groups excluding carboxylic acids is 1. The highest BCUT2D eigenvalue weighted by Gasteiger charge is 2.37. The van der Waals surface area contributed by atoms with E-state index in [4.69, 9.17) is 5.11 Å². The molecule has 0 radical (unpaired) electrons. The summed E-state index contributed by atoms with van der Waals surface area (Å²) >= 11 is 4.71. The normalized spacial score (nSPS) is 17.6. The van der Waals surface area contributed by atoms with Crippen LogP contribution in [-0.2, 0) is 4.79 Å². The fourth-order valence-corrected chi connectivity index (χ4v) is 3.14. The van der Waals surface area contributed by atoms with Gasteiger partial charge in [-0.25, -0.2) is 0 Å². The number of likely N-dealkylation sites (tertiary alicyclic amines) is 1. The van der Waals surface area contributed by atoms with Gasteiger partial charge in [-0.15, -0.1) is 11.3 Å². The predicted molar refractivity (Wildman–Crippen MR) is 68.2 cm³/mol. The van der Waals surface area contributed by atoms with E-state index in [1.165, 1.54) is 11.3 Å². The smallest absolute Gasteiger partial charge is 0.306 e. The number of halogens is 1. The van der Waals surface area contributed by atoms with Crippen LogP contribution in [0.25, 0.3) is 0 Å². The Morgan fingerprint density at radius 3 is 2.65 bits per heavy atom. The second kappa shape index (κ2) is 4.78. The molecule has 6 heteroatoms. The summed E-state index contributed by atoms with van der Waals surface area (Å²) in [6.07, 6.45) is 0. The van der Waals surface area contributed by atoms with Crippen molar-refractivity contribution in [3.05, 3.63) is 20.8 Å². The van der Waals surface area contributed by atoms with Gasteiger partial charge in [0.15, 0.2) is 0 Å². The molecule has 0 saturated carbocycles. The van der Waals surface area contributed by atoms with E-state index >= 15 is 0 Å². The lowest BCUT2D eigenvalue weighted by molar-refractivity contribution is -0.144. The van der Waals surface area contributed by atoms with Crippen molar-refractivity contribution >= 4 is 39.1 Å². The lowest BCUT2D eigenvalue weighted by Crippen LogP contribution is -2.53. The van der Waals surface area contributed by atoms with Crippen molar-refractivity contribution in [3.8, 4) is 0 Å². The number of hydrogen-bond donors (Lipinski definition) is 1. The van der Waals surface area contributed by atoms with Crippen LogP contribution in [0, 0.1) is 11.8 Å². The molecule has 0 bridgehead atoms. The molecule has 0 aromatic carbocycles. The van der Waals surface area contributed by atoms with Gasteiger partial charge in [0.2, 0.25) is 0 Å². The maximum atomic E-state index is 11.9. The molecule has 1 atom stereocenters. The zero-order valence-corrected chi connectivity index (χ0v) is 11.6. The molecule has 1 amide bonds. The summed E-state index contributed by atoms with van der Waals surface area (Å²) in [4.78, 5) is 25.1. The summed E-state index contributed by atoms with van der Waals surface area (Å²) in [5.41, 5.74) is 0. The van der Waals surface area contributed by atoms with E-state index < -0.39 is 5.97 Å². The third-order valence-electron chi connectivity index (χ3n) is 3.08. The maximum absolute atomic E-state index is 11.9. The van der Waals surface area contributed by atoms with Crippen molar-refractivity contribution in [2.24, 2.45) is 11.8 Å². The van der Waals surface area contributed by atoms with Crippen molar-refractivity contribution < 1.29 is 14.7 Å². The number of hydrogen-bond acceptors (Lipinski definition) is 3. The van der Waals surface area contributed by atoms with E-state index in [0.29, 0.717) is 18.0 Å². The average Bonchev–Trinajstić information content (AvgIpc) is 2.62. The first-order valence-corrected chi connectivity index (χ1v) is 6.87. The second-order valence-corrected chi connectivity index (χ2v) is 6.66. The first-order valence-electron chi connectivity index (χ1n) is 5.26. The van der Waals surface area contributed by atoms with Gasteiger partial charge >= 0.3 is 5.97 Å². The molecule has 2 rings (SSSR count).